The second-order valence-electron chi connectivity index (χ2n) is 4.01. The van der Waals surface area contributed by atoms with Crippen LogP contribution in [0, 0.1) is 6.92 Å². The van der Waals surface area contributed by atoms with Gasteiger partial charge in [0, 0.05) is 23.9 Å². The third kappa shape index (κ3) is 4.68. The summed E-state index contributed by atoms with van der Waals surface area (Å²) in [4.78, 5) is 3.96. The fourth-order valence-corrected chi connectivity index (χ4v) is 2.00. The van der Waals surface area contributed by atoms with Gasteiger partial charge in [-0.3, -0.25) is 0 Å². The van der Waals surface area contributed by atoms with E-state index in [1.165, 1.54) is 12.1 Å². The Morgan fingerprint density at radius 1 is 1.05 bits per heavy atom. The number of benzene rings is 1. The van der Waals surface area contributed by atoms with E-state index in [9.17, 15) is 13.2 Å². The van der Waals surface area contributed by atoms with E-state index in [4.69, 9.17) is 27.9 Å². The molecule has 0 aliphatic carbocycles. The van der Waals surface area contributed by atoms with Crippen LogP contribution in [-0.4, -0.2) is 11.3 Å². The highest BCUT2D eigenvalue weighted by atomic mass is 35.5. The van der Waals surface area contributed by atoms with Gasteiger partial charge in [-0.2, -0.15) is 0 Å². The van der Waals surface area contributed by atoms with Crippen molar-refractivity contribution in [3.8, 4) is 17.2 Å². The Bertz CT molecular complexity index is 642. The second kappa shape index (κ2) is 5.99. The van der Waals surface area contributed by atoms with Gasteiger partial charge in [-0.25, -0.2) is 4.98 Å². The standard InChI is InChI=1S/C13H8Cl2F3NO2/c1-7-4-9(6-12(15)19-7)20-11-3-2-8(5-10(11)14)21-13(16,17)18/h2-6H,1H3. The van der Waals surface area contributed by atoms with Gasteiger partial charge in [0.15, 0.2) is 0 Å². The number of aryl methyl sites for hydroxylation is 1. The zero-order chi connectivity index (χ0) is 15.6. The van der Waals surface area contributed by atoms with Crippen molar-refractivity contribution in [2.24, 2.45) is 0 Å². The normalized spacial score (nSPS) is 11.3. The lowest BCUT2D eigenvalue weighted by Gasteiger charge is -2.12. The molecule has 8 heteroatoms. The van der Waals surface area contributed by atoms with E-state index < -0.39 is 12.1 Å². The molecule has 112 valence electrons. The maximum atomic E-state index is 12.1. The number of hydrogen-bond donors (Lipinski definition) is 0. The molecular weight excluding hydrogens is 330 g/mol. The molecule has 2 aromatic rings. The number of alkyl halides is 3. The number of aromatic nitrogens is 1. The van der Waals surface area contributed by atoms with Crippen LogP contribution in [0.5, 0.6) is 17.2 Å². The summed E-state index contributed by atoms with van der Waals surface area (Å²) in [6.45, 7) is 1.72. The summed E-state index contributed by atoms with van der Waals surface area (Å²) < 4.78 is 45.5. The molecule has 1 aromatic heterocycles. The first-order valence-corrected chi connectivity index (χ1v) is 6.36. The summed E-state index contributed by atoms with van der Waals surface area (Å²) >= 11 is 11.7. The Labute approximate surface area is 128 Å². The zero-order valence-corrected chi connectivity index (χ0v) is 12.1. The van der Waals surface area contributed by atoms with Crippen molar-refractivity contribution in [3.05, 3.63) is 46.2 Å². The van der Waals surface area contributed by atoms with Crippen LogP contribution in [0.3, 0.4) is 0 Å². The first-order chi connectivity index (χ1) is 9.73. The van der Waals surface area contributed by atoms with Crippen molar-refractivity contribution < 1.29 is 22.6 Å². The summed E-state index contributed by atoms with van der Waals surface area (Å²) in [5.74, 6) is 0.121. The lowest BCUT2D eigenvalue weighted by Crippen LogP contribution is -2.17. The summed E-state index contributed by atoms with van der Waals surface area (Å²) in [5, 5.41) is 0.209. The van der Waals surface area contributed by atoms with Crippen LogP contribution in [-0.2, 0) is 0 Å². The molecule has 0 spiro atoms. The fraction of sp³-hybridized carbons (Fsp3) is 0.154. The maximum absolute atomic E-state index is 12.1. The molecule has 0 saturated carbocycles. The highest BCUT2D eigenvalue weighted by Crippen LogP contribution is 2.34. The summed E-state index contributed by atoms with van der Waals surface area (Å²) in [6, 6.07) is 6.46. The van der Waals surface area contributed by atoms with E-state index in [2.05, 4.69) is 9.72 Å². The van der Waals surface area contributed by atoms with Crippen LogP contribution in [0.4, 0.5) is 13.2 Å². The quantitative estimate of drug-likeness (QED) is 0.704. The summed E-state index contributed by atoms with van der Waals surface area (Å²) in [5.41, 5.74) is 0.630. The molecule has 0 atom stereocenters. The molecule has 0 fully saturated rings. The Kier molecular flexibility index (Phi) is 4.49. The molecule has 3 nitrogen and oxygen atoms in total. The third-order valence-electron chi connectivity index (χ3n) is 2.26. The van der Waals surface area contributed by atoms with Gasteiger partial charge in [0.05, 0.1) is 5.02 Å². The van der Waals surface area contributed by atoms with E-state index >= 15 is 0 Å². The first-order valence-electron chi connectivity index (χ1n) is 5.60. The molecule has 0 radical (unpaired) electrons. The van der Waals surface area contributed by atoms with E-state index in [1.807, 2.05) is 0 Å². The number of hydrogen-bond acceptors (Lipinski definition) is 3. The molecule has 0 unspecified atom stereocenters. The number of halogens is 5. The monoisotopic (exact) mass is 337 g/mol. The average molecular weight is 338 g/mol. The molecule has 0 aliphatic heterocycles. The Balaban J connectivity index is 2.21. The molecule has 2 rings (SSSR count). The molecule has 0 amide bonds. The van der Waals surface area contributed by atoms with Crippen LogP contribution in [0.25, 0.3) is 0 Å². The van der Waals surface area contributed by atoms with E-state index in [-0.39, 0.29) is 15.9 Å². The Hall–Kier alpha value is -1.66. The number of ether oxygens (including phenoxy) is 2. The van der Waals surface area contributed by atoms with Gasteiger partial charge in [0.25, 0.3) is 0 Å². The predicted molar refractivity (Wildman–Crippen MR) is 72.2 cm³/mol. The fourth-order valence-electron chi connectivity index (χ4n) is 1.55. The van der Waals surface area contributed by atoms with Gasteiger partial charge in [0.2, 0.25) is 0 Å². The second-order valence-corrected chi connectivity index (χ2v) is 4.80. The van der Waals surface area contributed by atoms with Crippen molar-refractivity contribution in [2.45, 2.75) is 13.3 Å². The van der Waals surface area contributed by atoms with Crippen molar-refractivity contribution in [1.29, 1.82) is 0 Å². The third-order valence-corrected chi connectivity index (χ3v) is 2.75. The largest absolute Gasteiger partial charge is 0.573 e. The van der Waals surface area contributed by atoms with Crippen LogP contribution < -0.4 is 9.47 Å². The van der Waals surface area contributed by atoms with Crippen LogP contribution >= 0.6 is 23.2 Å². The molecule has 0 saturated heterocycles. The van der Waals surface area contributed by atoms with E-state index in [0.29, 0.717) is 11.4 Å². The minimum Gasteiger partial charge on any atom is -0.456 e. The van der Waals surface area contributed by atoms with E-state index in [1.54, 1.807) is 13.0 Å². The van der Waals surface area contributed by atoms with Crippen molar-refractivity contribution in [2.75, 3.05) is 0 Å². The minimum atomic E-state index is -4.78. The van der Waals surface area contributed by atoms with Crippen molar-refractivity contribution in [1.82, 2.24) is 4.98 Å². The van der Waals surface area contributed by atoms with Crippen molar-refractivity contribution in [3.63, 3.8) is 0 Å². The molecule has 1 heterocycles. The number of nitrogens with zero attached hydrogens (tertiary/aromatic N) is 1. The van der Waals surface area contributed by atoms with Crippen molar-refractivity contribution >= 4 is 23.2 Å². The van der Waals surface area contributed by atoms with Crippen LogP contribution in [0.15, 0.2) is 30.3 Å². The number of pyridine rings is 1. The Morgan fingerprint density at radius 2 is 1.76 bits per heavy atom. The molecule has 0 aliphatic rings. The SMILES string of the molecule is Cc1cc(Oc2ccc(OC(F)(F)F)cc2Cl)cc(Cl)n1. The molecule has 21 heavy (non-hydrogen) atoms. The zero-order valence-electron chi connectivity index (χ0n) is 10.5. The maximum Gasteiger partial charge on any atom is 0.573 e. The predicted octanol–water partition coefficient (Wildman–Crippen LogP) is 5.39. The van der Waals surface area contributed by atoms with Gasteiger partial charge in [-0.15, -0.1) is 13.2 Å². The summed E-state index contributed by atoms with van der Waals surface area (Å²) in [6.07, 6.45) is -4.78. The molecular formula is C13H8Cl2F3NO2. The topological polar surface area (TPSA) is 31.4 Å². The van der Waals surface area contributed by atoms with Crippen LogP contribution in [0.2, 0.25) is 10.2 Å². The van der Waals surface area contributed by atoms with Gasteiger partial charge < -0.3 is 9.47 Å². The lowest BCUT2D eigenvalue weighted by molar-refractivity contribution is -0.274. The molecule has 0 N–H and O–H groups in total. The first kappa shape index (κ1) is 15.7. The van der Waals surface area contributed by atoms with Gasteiger partial charge in [-0.05, 0) is 19.1 Å². The molecule has 0 bridgehead atoms. The van der Waals surface area contributed by atoms with Gasteiger partial charge in [-0.1, -0.05) is 23.2 Å². The number of rotatable bonds is 3. The average Bonchev–Trinajstić information content (AvgIpc) is 2.29. The minimum absolute atomic E-state index is 0.0256. The van der Waals surface area contributed by atoms with E-state index in [0.717, 1.165) is 12.1 Å². The Morgan fingerprint density at radius 3 is 2.33 bits per heavy atom. The lowest BCUT2D eigenvalue weighted by atomic mass is 10.3. The highest BCUT2D eigenvalue weighted by molar-refractivity contribution is 6.32. The highest BCUT2D eigenvalue weighted by Gasteiger charge is 2.31. The van der Waals surface area contributed by atoms with Gasteiger partial charge >= 0.3 is 6.36 Å². The van der Waals surface area contributed by atoms with Gasteiger partial charge in [0.1, 0.15) is 22.4 Å². The summed E-state index contributed by atoms with van der Waals surface area (Å²) in [7, 11) is 0. The molecule has 1 aromatic carbocycles. The smallest absolute Gasteiger partial charge is 0.456 e. The van der Waals surface area contributed by atoms with Crippen LogP contribution in [0.1, 0.15) is 5.69 Å².